The van der Waals surface area contributed by atoms with Crippen molar-refractivity contribution in [3.05, 3.63) is 29.6 Å². The number of tetrazole rings is 1. The van der Waals surface area contributed by atoms with E-state index < -0.39 is 0 Å². The van der Waals surface area contributed by atoms with Gasteiger partial charge in [0.05, 0.1) is 33.4 Å². The molecule has 2 heterocycles. The van der Waals surface area contributed by atoms with Crippen molar-refractivity contribution in [1.29, 1.82) is 0 Å². The van der Waals surface area contributed by atoms with Gasteiger partial charge in [-0.3, -0.25) is 0 Å². The maximum Gasteiger partial charge on any atom is 0.409 e. The van der Waals surface area contributed by atoms with Gasteiger partial charge in [0.2, 0.25) is 0 Å². The Morgan fingerprint density at radius 1 is 1.23 bits per heavy atom. The minimum absolute atomic E-state index is 0.181. The van der Waals surface area contributed by atoms with Crippen LogP contribution in [-0.4, -0.2) is 71.7 Å². The van der Waals surface area contributed by atoms with Crippen molar-refractivity contribution in [2.45, 2.75) is 38.8 Å². The lowest BCUT2D eigenvalue weighted by Crippen LogP contribution is -2.40. The normalized spacial score (nSPS) is 14.6. The number of likely N-dealkylation sites (tertiary alicyclic amines) is 1. The fraction of sp³-hybridized carbons (Fsp3) is 0.600. The SMILES string of the molecule is CCOC(=O)N1CCC(n2nnnc2CNCCc2cccc(OC)c2OC)CC1. The van der Waals surface area contributed by atoms with Gasteiger partial charge in [-0.15, -0.1) is 5.10 Å². The van der Waals surface area contributed by atoms with Crippen LogP contribution in [0.1, 0.15) is 37.2 Å². The Hall–Kier alpha value is -2.88. The first kappa shape index (κ1) is 21.8. The molecule has 30 heavy (non-hydrogen) atoms. The molecular weight excluding hydrogens is 388 g/mol. The van der Waals surface area contributed by atoms with Crippen LogP contribution in [0.5, 0.6) is 11.5 Å². The Labute approximate surface area is 176 Å². The minimum atomic E-state index is -0.248. The molecule has 0 radical (unpaired) electrons. The molecule has 0 bridgehead atoms. The summed E-state index contributed by atoms with van der Waals surface area (Å²) in [6, 6.07) is 6.06. The average Bonchev–Trinajstić information content (AvgIpc) is 3.25. The van der Waals surface area contributed by atoms with Gasteiger partial charge in [-0.2, -0.15) is 0 Å². The molecule has 0 unspecified atom stereocenters. The number of carbonyl (C=O) groups is 1. The molecule has 10 heteroatoms. The minimum Gasteiger partial charge on any atom is -0.493 e. The number of benzene rings is 1. The van der Waals surface area contributed by atoms with Crippen LogP contribution in [0.25, 0.3) is 0 Å². The van der Waals surface area contributed by atoms with Crippen molar-refractivity contribution >= 4 is 6.09 Å². The number of hydrogen-bond acceptors (Lipinski definition) is 8. The number of amides is 1. The summed E-state index contributed by atoms with van der Waals surface area (Å²) in [6.45, 7) is 4.81. The highest BCUT2D eigenvalue weighted by molar-refractivity contribution is 5.67. The number of piperidine rings is 1. The Bertz CT molecular complexity index is 819. The lowest BCUT2D eigenvalue weighted by Gasteiger charge is -2.31. The summed E-state index contributed by atoms with van der Waals surface area (Å²) in [5, 5.41) is 15.6. The smallest absolute Gasteiger partial charge is 0.409 e. The fourth-order valence-corrected chi connectivity index (χ4v) is 3.69. The van der Waals surface area contributed by atoms with Crippen molar-refractivity contribution < 1.29 is 19.0 Å². The van der Waals surface area contributed by atoms with Gasteiger partial charge >= 0.3 is 6.09 Å². The van der Waals surface area contributed by atoms with Gasteiger partial charge in [0.25, 0.3) is 0 Å². The number of aromatic nitrogens is 4. The number of hydrogen-bond donors (Lipinski definition) is 1. The van der Waals surface area contributed by atoms with Gasteiger partial charge < -0.3 is 24.4 Å². The summed E-state index contributed by atoms with van der Waals surface area (Å²) < 4.78 is 17.8. The van der Waals surface area contributed by atoms with E-state index in [2.05, 4.69) is 20.8 Å². The highest BCUT2D eigenvalue weighted by Gasteiger charge is 2.26. The van der Waals surface area contributed by atoms with Gasteiger partial charge in [0.15, 0.2) is 17.3 Å². The first-order chi connectivity index (χ1) is 14.7. The summed E-state index contributed by atoms with van der Waals surface area (Å²) in [6.07, 6.45) is 2.15. The number of nitrogens with one attached hydrogen (secondary N) is 1. The third-order valence-electron chi connectivity index (χ3n) is 5.24. The number of carbonyl (C=O) groups excluding carboxylic acids is 1. The molecule has 1 aromatic carbocycles. The Balaban J connectivity index is 1.50. The van der Waals surface area contributed by atoms with E-state index in [-0.39, 0.29) is 12.1 Å². The zero-order chi connectivity index (χ0) is 21.3. The zero-order valence-corrected chi connectivity index (χ0v) is 17.8. The first-order valence-electron chi connectivity index (χ1n) is 10.3. The lowest BCUT2D eigenvalue weighted by molar-refractivity contribution is 0.0910. The molecule has 1 fully saturated rings. The van der Waals surface area contributed by atoms with Crippen molar-refractivity contribution in [3.8, 4) is 11.5 Å². The van der Waals surface area contributed by atoms with E-state index in [0.29, 0.717) is 26.2 Å². The van der Waals surface area contributed by atoms with Crippen LogP contribution in [0, 0.1) is 0 Å². The van der Waals surface area contributed by atoms with Crippen LogP contribution in [0.3, 0.4) is 0 Å². The molecular formula is C20H30N6O4. The molecule has 1 N–H and O–H groups in total. The topological polar surface area (TPSA) is 104 Å². The summed E-state index contributed by atoms with van der Waals surface area (Å²) in [7, 11) is 3.28. The van der Waals surface area contributed by atoms with Crippen molar-refractivity contribution in [1.82, 2.24) is 30.4 Å². The molecule has 0 spiro atoms. The number of nitrogens with zero attached hydrogens (tertiary/aromatic N) is 5. The molecule has 164 valence electrons. The quantitative estimate of drug-likeness (QED) is 0.615. The second kappa shape index (κ2) is 10.8. The largest absolute Gasteiger partial charge is 0.493 e. The van der Waals surface area contributed by atoms with Crippen LogP contribution in [0.4, 0.5) is 4.79 Å². The molecule has 1 amide bonds. The van der Waals surface area contributed by atoms with Gasteiger partial charge in [-0.05, 0) is 54.8 Å². The molecule has 0 atom stereocenters. The van der Waals surface area contributed by atoms with Crippen LogP contribution >= 0.6 is 0 Å². The van der Waals surface area contributed by atoms with E-state index in [1.165, 1.54) is 0 Å². The molecule has 0 aliphatic carbocycles. The van der Waals surface area contributed by atoms with E-state index in [1.54, 1.807) is 19.1 Å². The summed E-state index contributed by atoms with van der Waals surface area (Å²) in [5.74, 6) is 2.29. The van der Waals surface area contributed by atoms with E-state index in [4.69, 9.17) is 14.2 Å². The Morgan fingerprint density at radius 3 is 2.73 bits per heavy atom. The van der Waals surface area contributed by atoms with Gasteiger partial charge in [-0.1, -0.05) is 12.1 Å². The Morgan fingerprint density at radius 2 is 2.03 bits per heavy atom. The van der Waals surface area contributed by atoms with Crippen molar-refractivity contribution in [3.63, 3.8) is 0 Å². The first-order valence-corrected chi connectivity index (χ1v) is 10.3. The molecule has 2 aromatic rings. The third kappa shape index (κ3) is 5.18. The summed E-state index contributed by atoms with van der Waals surface area (Å²) in [4.78, 5) is 13.6. The van der Waals surface area contributed by atoms with Crippen LogP contribution in [0.2, 0.25) is 0 Å². The maximum absolute atomic E-state index is 11.9. The number of ether oxygens (including phenoxy) is 3. The zero-order valence-electron chi connectivity index (χ0n) is 17.8. The second-order valence-corrected chi connectivity index (χ2v) is 7.04. The molecule has 0 saturated carbocycles. The molecule has 10 nitrogen and oxygen atoms in total. The predicted octanol–water partition coefficient (Wildman–Crippen LogP) is 1.82. The summed E-state index contributed by atoms with van der Waals surface area (Å²) >= 11 is 0. The molecule has 1 saturated heterocycles. The van der Waals surface area contributed by atoms with E-state index in [1.807, 2.05) is 29.8 Å². The highest BCUT2D eigenvalue weighted by Crippen LogP contribution is 2.30. The van der Waals surface area contributed by atoms with Gasteiger partial charge in [0.1, 0.15) is 0 Å². The van der Waals surface area contributed by atoms with Crippen LogP contribution in [-0.2, 0) is 17.7 Å². The van der Waals surface area contributed by atoms with Crippen molar-refractivity contribution in [2.75, 3.05) is 40.5 Å². The predicted molar refractivity (Wildman–Crippen MR) is 110 cm³/mol. The molecule has 1 aromatic heterocycles. The average molecular weight is 418 g/mol. The lowest BCUT2D eigenvalue weighted by atomic mass is 10.1. The van der Waals surface area contributed by atoms with E-state index in [0.717, 1.165) is 48.7 Å². The number of methoxy groups -OCH3 is 2. The van der Waals surface area contributed by atoms with E-state index >= 15 is 0 Å². The number of para-hydroxylation sites is 1. The standard InChI is InChI=1S/C20H30N6O4/c1-4-30-20(27)25-12-9-16(10-13-25)26-18(22-23-24-26)14-21-11-8-15-6-5-7-17(28-2)19(15)29-3/h5-7,16,21H,4,8-14H2,1-3H3. The maximum atomic E-state index is 11.9. The molecule has 3 rings (SSSR count). The highest BCUT2D eigenvalue weighted by atomic mass is 16.6. The Kier molecular flexibility index (Phi) is 7.83. The number of rotatable bonds is 9. The molecule has 1 aliphatic heterocycles. The van der Waals surface area contributed by atoms with Gasteiger partial charge in [-0.25, -0.2) is 9.48 Å². The summed E-state index contributed by atoms with van der Waals surface area (Å²) in [5.41, 5.74) is 1.08. The van der Waals surface area contributed by atoms with E-state index in [9.17, 15) is 4.79 Å². The van der Waals surface area contributed by atoms with Crippen LogP contribution in [0.15, 0.2) is 18.2 Å². The third-order valence-corrected chi connectivity index (χ3v) is 5.24. The monoisotopic (exact) mass is 418 g/mol. The fourth-order valence-electron chi connectivity index (χ4n) is 3.69. The van der Waals surface area contributed by atoms with Crippen molar-refractivity contribution in [2.24, 2.45) is 0 Å². The molecule has 1 aliphatic rings. The van der Waals surface area contributed by atoms with Crippen LogP contribution < -0.4 is 14.8 Å². The van der Waals surface area contributed by atoms with Gasteiger partial charge in [0, 0.05) is 13.1 Å². The second-order valence-electron chi connectivity index (χ2n) is 7.04.